The van der Waals surface area contributed by atoms with Crippen molar-refractivity contribution in [2.24, 2.45) is 5.73 Å². The molecule has 0 bridgehead atoms. The first-order valence-electron chi connectivity index (χ1n) is 3.88. The molecule has 3 heteroatoms. The van der Waals surface area contributed by atoms with Crippen molar-refractivity contribution in [3.05, 3.63) is 41.5 Å². The summed E-state index contributed by atoms with van der Waals surface area (Å²) in [5, 5.41) is 9.54. The van der Waals surface area contributed by atoms with Crippen molar-refractivity contribution in [3.8, 4) is 0 Å². The van der Waals surface area contributed by atoms with Crippen LogP contribution in [-0.2, 0) is 4.79 Å². The first-order chi connectivity index (χ1) is 6.13. The van der Waals surface area contributed by atoms with Gasteiger partial charge in [-0.2, -0.15) is 0 Å². The number of aliphatic hydroxyl groups excluding tert-OH is 1. The third-order valence-electron chi connectivity index (χ3n) is 1.77. The first-order valence-corrected chi connectivity index (χ1v) is 3.88. The van der Waals surface area contributed by atoms with Crippen molar-refractivity contribution < 1.29 is 9.90 Å². The van der Waals surface area contributed by atoms with Gasteiger partial charge in [-0.15, -0.1) is 0 Å². The Morgan fingerprint density at radius 3 is 2.31 bits per heavy atom. The van der Waals surface area contributed by atoms with Crippen molar-refractivity contribution in [2.75, 3.05) is 0 Å². The van der Waals surface area contributed by atoms with E-state index in [0.717, 1.165) is 0 Å². The first kappa shape index (κ1) is 9.32. The van der Waals surface area contributed by atoms with E-state index in [0.29, 0.717) is 5.56 Å². The van der Waals surface area contributed by atoms with Gasteiger partial charge >= 0.3 is 0 Å². The van der Waals surface area contributed by atoms with Gasteiger partial charge in [0, 0.05) is 5.56 Å². The fourth-order valence-electron chi connectivity index (χ4n) is 0.929. The molecule has 1 aromatic rings. The fraction of sp³-hybridized carbons (Fsp3) is 0.100. The van der Waals surface area contributed by atoms with E-state index in [1.807, 2.05) is 6.07 Å². The number of amides is 1. The van der Waals surface area contributed by atoms with Gasteiger partial charge in [-0.3, -0.25) is 4.79 Å². The molecule has 68 valence electrons. The average molecular weight is 177 g/mol. The lowest BCUT2D eigenvalue weighted by Gasteiger charge is -2.02. The van der Waals surface area contributed by atoms with Crippen LogP contribution in [0.3, 0.4) is 0 Å². The van der Waals surface area contributed by atoms with E-state index >= 15 is 0 Å². The van der Waals surface area contributed by atoms with Gasteiger partial charge in [0.15, 0.2) is 0 Å². The highest BCUT2D eigenvalue weighted by Gasteiger charge is 2.07. The van der Waals surface area contributed by atoms with Gasteiger partial charge in [-0.05, 0) is 6.92 Å². The molecule has 0 saturated carbocycles. The number of rotatable bonds is 2. The lowest BCUT2D eigenvalue weighted by molar-refractivity contribution is -0.114. The summed E-state index contributed by atoms with van der Waals surface area (Å²) in [5.74, 6) is -0.672. The molecule has 3 nitrogen and oxygen atoms in total. The van der Waals surface area contributed by atoms with Crippen LogP contribution in [0, 0.1) is 0 Å². The lowest BCUT2D eigenvalue weighted by Crippen LogP contribution is -2.13. The molecule has 13 heavy (non-hydrogen) atoms. The van der Waals surface area contributed by atoms with Crippen LogP contribution in [0.5, 0.6) is 0 Å². The summed E-state index contributed by atoms with van der Waals surface area (Å²) < 4.78 is 0. The predicted molar refractivity (Wildman–Crippen MR) is 50.9 cm³/mol. The number of benzene rings is 1. The number of hydrogen-bond donors (Lipinski definition) is 2. The van der Waals surface area contributed by atoms with E-state index in [1.54, 1.807) is 24.3 Å². The number of hydrogen-bond acceptors (Lipinski definition) is 2. The van der Waals surface area contributed by atoms with Crippen molar-refractivity contribution in [2.45, 2.75) is 6.92 Å². The van der Waals surface area contributed by atoms with E-state index in [4.69, 9.17) is 5.73 Å². The minimum absolute atomic E-state index is 0.0619. The fourth-order valence-corrected chi connectivity index (χ4v) is 0.929. The maximum absolute atomic E-state index is 10.7. The van der Waals surface area contributed by atoms with Crippen LogP contribution in [0.1, 0.15) is 12.5 Å². The van der Waals surface area contributed by atoms with Gasteiger partial charge in [-0.1, -0.05) is 30.3 Å². The topological polar surface area (TPSA) is 63.3 Å². The van der Waals surface area contributed by atoms with E-state index in [9.17, 15) is 9.90 Å². The molecule has 0 radical (unpaired) electrons. The average Bonchev–Trinajstić information content (AvgIpc) is 2.17. The van der Waals surface area contributed by atoms with Crippen LogP contribution in [0.2, 0.25) is 0 Å². The van der Waals surface area contributed by atoms with Gasteiger partial charge in [0.1, 0.15) is 5.76 Å². The Hall–Kier alpha value is -1.77. The maximum Gasteiger partial charge on any atom is 0.248 e. The Labute approximate surface area is 76.5 Å². The largest absolute Gasteiger partial charge is 0.507 e. The molecule has 1 aromatic carbocycles. The summed E-state index contributed by atoms with van der Waals surface area (Å²) in [4.78, 5) is 10.7. The summed E-state index contributed by atoms with van der Waals surface area (Å²) in [5.41, 5.74) is 5.79. The van der Waals surface area contributed by atoms with Crippen LogP contribution in [0.4, 0.5) is 0 Å². The lowest BCUT2D eigenvalue weighted by atomic mass is 10.1. The zero-order valence-electron chi connectivity index (χ0n) is 7.32. The molecule has 0 heterocycles. The number of primary amides is 1. The Kier molecular flexibility index (Phi) is 2.69. The third-order valence-corrected chi connectivity index (χ3v) is 1.77. The van der Waals surface area contributed by atoms with Crippen molar-refractivity contribution in [1.82, 2.24) is 0 Å². The second-order valence-electron chi connectivity index (χ2n) is 2.70. The van der Waals surface area contributed by atoms with Crippen LogP contribution < -0.4 is 5.73 Å². The molecular weight excluding hydrogens is 166 g/mol. The summed E-state index contributed by atoms with van der Waals surface area (Å²) in [6.07, 6.45) is 0. The number of carbonyl (C=O) groups excluding carboxylic acids is 1. The molecule has 0 aliphatic rings. The molecule has 0 saturated heterocycles. The van der Waals surface area contributed by atoms with E-state index in [-0.39, 0.29) is 11.3 Å². The van der Waals surface area contributed by atoms with Crippen molar-refractivity contribution in [1.29, 1.82) is 0 Å². The van der Waals surface area contributed by atoms with Gasteiger partial charge in [-0.25, -0.2) is 0 Å². The third kappa shape index (κ3) is 2.08. The highest BCUT2D eigenvalue weighted by molar-refractivity contribution is 5.97. The summed E-state index contributed by atoms with van der Waals surface area (Å²) in [6.45, 7) is 1.49. The molecule has 1 rings (SSSR count). The number of aliphatic hydroxyl groups is 1. The molecule has 0 aromatic heterocycles. The number of carbonyl (C=O) groups is 1. The maximum atomic E-state index is 10.7. The van der Waals surface area contributed by atoms with E-state index < -0.39 is 5.91 Å². The molecule has 0 unspecified atom stereocenters. The van der Waals surface area contributed by atoms with Crippen molar-refractivity contribution >= 4 is 11.7 Å². The summed E-state index contributed by atoms with van der Waals surface area (Å²) >= 11 is 0. The quantitative estimate of drug-likeness (QED) is 0.530. The molecule has 0 aliphatic heterocycles. The second-order valence-corrected chi connectivity index (χ2v) is 2.70. The normalized spacial score (nSPS) is 12.1. The van der Waals surface area contributed by atoms with Crippen molar-refractivity contribution in [3.63, 3.8) is 0 Å². The van der Waals surface area contributed by atoms with Gasteiger partial charge in [0.2, 0.25) is 5.91 Å². The summed E-state index contributed by atoms with van der Waals surface area (Å²) in [7, 11) is 0. The minimum atomic E-state index is -0.610. The SMILES string of the molecule is C/C(C(N)=O)=C(\O)c1ccccc1. The van der Waals surface area contributed by atoms with Crippen LogP contribution in [0.25, 0.3) is 5.76 Å². The Morgan fingerprint density at radius 2 is 1.85 bits per heavy atom. The Balaban J connectivity index is 3.11. The number of nitrogens with two attached hydrogens (primary N) is 1. The molecule has 1 amide bonds. The van der Waals surface area contributed by atoms with Crippen LogP contribution >= 0.6 is 0 Å². The second kappa shape index (κ2) is 3.76. The van der Waals surface area contributed by atoms with Gasteiger partial charge in [0.05, 0.1) is 5.57 Å². The molecule has 0 aliphatic carbocycles. The molecular formula is C10H11NO2. The van der Waals surface area contributed by atoms with Crippen LogP contribution in [-0.4, -0.2) is 11.0 Å². The summed E-state index contributed by atoms with van der Waals surface area (Å²) in [6, 6.07) is 8.81. The molecule has 3 N–H and O–H groups in total. The standard InChI is InChI=1S/C10H11NO2/c1-7(10(11)13)9(12)8-5-3-2-4-6-8/h2-6,12H,1H3,(H2,11,13)/b9-7+. The minimum Gasteiger partial charge on any atom is -0.507 e. The van der Waals surface area contributed by atoms with Crippen LogP contribution in [0.15, 0.2) is 35.9 Å². The Morgan fingerprint density at radius 1 is 1.31 bits per heavy atom. The molecule has 0 atom stereocenters. The molecule has 0 spiro atoms. The molecule has 0 fully saturated rings. The van der Waals surface area contributed by atoms with E-state index in [1.165, 1.54) is 6.92 Å². The zero-order valence-corrected chi connectivity index (χ0v) is 7.32. The zero-order chi connectivity index (χ0) is 9.84. The van der Waals surface area contributed by atoms with E-state index in [2.05, 4.69) is 0 Å². The van der Waals surface area contributed by atoms with Gasteiger partial charge in [0.25, 0.3) is 0 Å². The Bertz CT molecular complexity index is 341. The highest BCUT2D eigenvalue weighted by atomic mass is 16.3. The predicted octanol–water partition coefficient (Wildman–Crippen LogP) is 1.46. The smallest absolute Gasteiger partial charge is 0.248 e. The highest BCUT2D eigenvalue weighted by Crippen LogP contribution is 2.14. The monoisotopic (exact) mass is 177 g/mol. The van der Waals surface area contributed by atoms with Gasteiger partial charge < -0.3 is 10.8 Å².